The molecule has 3 aromatic carbocycles. The Hall–Kier alpha value is -3.03. The summed E-state index contributed by atoms with van der Waals surface area (Å²) in [5, 5.41) is 7.88. The molecule has 5 rings (SSSR count). The fraction of sp³-hybridized carbons (Fsp3) is 0.120. The molecule has 0 saturated carbocycles. The normalized spacial score (nSPS) is 13.4. The molecule has 1 aromatic heterocycles. The first kappa shape index (κ1) is 20.8. The lowest BCUT2D eigenvalue weighted by Crippen LogP contribution is -2.25. The lowest BCUT2D eigenvalue weighted by Gasteiger charge is -2.12. The highest BCUT2D eigenvalue weighted by atomic mass is 79.9. The number of benzene rings is 3. The fourth-order valence-electron chi connectivity index (χ4n) is 3.56. The molecule has 0 radical (unpaired) electrons. The minimum absolute atomic E-state index is 0.0196. The van der Waals surface area contributed by atoms with E-state index in [1.54, 1.807) is 5.01 Å². The van der Waals surface area contributed by atoms with Crippen molar-refractivity contribution < 1.29 is 4.79 Å². The average molecular weight is 503 g/mol. The van der Waals surface area contributed by atoms with Crippen LogP contribution in [0.25, 0.3) is 22.3 Å². The van der Waals surface area contributed by atoms with Crippen molar-refractivity contribution in [2.45, 2.75) is 11.4 Å². The zero-order chi connectivity index (χ0) is 21.9. The number of thioether (sulfide) groups is 1. The fourth-order valence-corrected chi connectivity index (χ4v) is 4.71. The van der Waals surface area contributed by atoms with Gasteiger partial charge in [0.25, 0.3) is 5.91 Å². The Morgan fingerprint density at radius 1 is 0.906 bits per heavy atom. The van der Waals surface area contributed by atoms with Crippen LogP contribution in [0.1, 0.15) is 12.0 Å². The smallest absolute Gasteiger partial charge is 0.253 e. The SMILES string of the molecule is O=C(CSc1nc(-c2ccc(Br)cc2)nc2ccccc12)N1CCC(c2ccccc2)=N1. The number of amides is 1. The van der Waals surface area contributed by atoms with Crippen LogP contribution in [-0.4, -0.2) is 38.9 Å². The van der Waals surface area contributed by atoms with E-state index in [2.05, 4.69) is 21.0 Å². The number of hydrogen-bond donors (Lipinski definition) is 0. The van der Waals surface area contributed by atoms with Crippen molar-refractivity contribution in [3.05, 3.63) is 88.9 Å². The first-order chi connectivity index (χ1) is 15.7. The molecule has 158 valence electrons. The zero-order valence-electron chi connectivity index (χ0n) is 17.1. The zero-order valence-corrected chi connectivity index (χ0v) is 19.5. The number of para-hydroxylation sites is 1. The van der Waals surface area contributed by atoms with Gasteiger partial charge in [-0.15, -0.1) is 0 Å². The molecule has 1 amide bonds. The minimum Gasteiger partial charge on any atom is -0.272 e. The molecule has 0 spiro atoms. The Morgan fingerprint density at radius 3 is 2.47 bits per heavy atom. The van der Waals surface area contributed by atoms with E-state index < -0.39 is 0 Å². The summed E-state index contributed by atoms with van der Waals surface area (Å²) in [6.07, 6.45) is 0.768. The summed E-state index contributed by atoms with van der Waals surface area (Å²) in [5.41, 5.74) is 3.81. The van der Waals surface area contributed by atoms with E-state index in [-0.39, 0.29) is 11.7 Å². The van der Waals surface area contributed by atoms with Crippen LogP contribution in [0.15, 0.2) is 93.5 Å². The number of hydrazone groups is 1. The van der Waals surface area contributed by atoms with Crippen LogP contribution in [-0.2, 0) is 4.79 Å². The molecule has 2 heterocycles. The molecule has 32 heavy (non-hydrogen) atoms. The maximum atomic E-state index is 12.9. The summed E-state index contributed by atoms with van der Waals surface area (Å²) in [6.45, 7) is 0.609. The molecule has 0 saturated heterocycles. The lowest BCUT2D eigenvalue weighted by molar-refractivity contribution is -0.127. The van der Waals surface area contributed by atoms with Crippen molar-refractivity contribution in [2.24, 2.45) is 5.10 Å². The first-order valence-electron chi connectivity index (χ1n) is 10.3. The van der Waals surface area contributed by atoms with Crippen LogP contribution in [0.4, 0.5) is 0 Å². The molecule has 4 aromatic rings. The summed E-state index contributed by atoms with van der Waals surface area (Å²) in [6, 6.07) is 25.8. The van der Waals surface area contributed by atoms with E-state index in [1.165, 1.54) is 11.8 Å². The van der Waals surface area contributed by atoms with Gasteiger partial charge >= 0.3 is 0 Å². The standard InChI is InChI=1S/C25H19BrN4OS/c26-19-12-10-18(11-13-19)24-27-22-9-5-4-8-20(22)25(28-24)32-16-23(31)30-15-14-21(29-30)17-6-2-1-3-7-17/h1-13H,14-16H2. The molecule has 0 bridgehead atoms. The Balaban J connectivity index is 1.37. The third-order valence-corrected chi connectivity index (χ3v) is 6.70. The van der Waals surface area contributed by atoms with Crippen LogP contribution >= 0.6 is 27.7 Å². The number of nitrogens with zero attached hydrogens (tertiary/aromatic N) is 4. The van der Waals surface area contributed by atoms with Crippen molar-refractivity contribution in [1.82, 2.24) is 15.0 Å². The van der Waals surface area contributed by atoms with Gasteiger partial charge in [-0.25, -0.2) is 15.0 Å². The van der Waals surface area contributed by atoms with Crippen molar-refractivity contribution in [2.75, 3.05) is 12.3 Å². The third kappa shape index (κ3) is 4.45. The number of fused-ring (bicyclic) bond motifs is 1. The Bertz CT molecular complexity index is 1310. The second-order valence-corrected chi connectivity index (χ2v) is 9.22. The van der Waals surface area contributed by atoms with Gasteiger partial charge in [0.2, 0.25) is 0 Å². The van der Waals surface area contributed by atoms with Gasteiger partial charge < -0.3 is 0 Å². The largest absolute Gasteiger partial charge is 0.272 e. The van der Waals surface area contributed by atoms with Gasteiger partial charge in [-0.1, -0.05) is 88.4 Å². The second kappa shape index (κ2) is 9.22. The van der Waals surface area contributed by atoms with Crippen LogP contribution in [0.5, 0.6) is 0 Å². The first-order valence-corrected chi connectivity index (χ1v) is 12.0. The molecule has 7 heteroatoms. The van der Waals surface area contributed by atoms with Gasteiger partial charge in [0.1, 0.15) is 5.03 Å². The van der Waals surface area contributed by atoms with E-state index in [4.69, 9.17) is 9.97 Å². The van der Waals surface area contributed by atoms with Crippen molar-refractivity contribution in [3.63, 3.8) is 0 Å². The Morgan fingerprint density at radius 2 is 1.66 bits per heavy atom. The summed E-state index contributed by atoms with van der Waals surface area (Å²) in [7, 11) is 0. The van der Waals surface area contributed by atoms with Crippen LogP contribution in [0.2, 0.25) is 0 Å². The van der Waals surface area contributed by atoms with Gasteiger partial charge in [-0.05, 0) is 23.8 Å². The van der Waals surface area contributed by atoms with Crippen molar-refractivity contribution >= 4 is 50.2 Å². The monoisotopic (exact) mass is 502 g/mol. The molecule has 1 aliphatic rings. The molecular weight excluding hydrogens is 484 g/mol. The van der Waals surface area contributed by atoms with Gasteiger partial charge in [0, 0.05) is 21.8 Å². The van der Waals surface area contributed by atoms with E-state index in [9.17, 15) is 4.79 Å². The summed E-state index contributed by atoms with van der Waals surface area (Å²) in [5.74, 6) is 0.900. The van der Waals surface area contributed by atoms with Gasteiger partial charge in [-0.2, -0.15) is 5.10 Å². The number of carbonyl (C=O) groups is 1. The molecular formula is C25H19BrN4OS. The Labute approximate surface area is 198 Å². The third-order valence-electron chi connectivity index (χ3n) is 5.20. The number of halogens is 1. The summed E-state index contributed by atoms with van der Waals surface area (Å²) >= 11 is 4.90. The highest BCUT2D eigenvalue weighted by Crippen LogP contribution is 2.29. The van der Waals surface area contributed by atoms with Gasteiger partial charge in [0.05, 0.1) is 23.5 Å². The van der Waals surface area contributed by atoms with Crippen LogP contribution in [0.3, 0.4) is 0 Å². The summed E-state index contributed by atoms with van der Waals surface area (Å²) in [4.78, 5) is 22.4. The molecule has 0 unspecified atom stereocenters. The minimum atomic E-state index is -0.0196. The number of carbonyl (C=O) groups excluding carboxylic acids is 1. The highest BCUT2D eigenvalue weighted by Gasteiger charge is 2.22. The van der Waals surface area contributed by atoms with E-state index >= 15 is 0 Å². The predicted octanol–water partition coefficient (Wildman–Crippen LogP) is 5.79. The molecule has 1 aliphatic heterocycles. The van der Waals surface area contributed by atoms with Crippen molar-refractivity contribution in [3.8, 4) is 11.4 Å². The average Bonchev–Trinajstić information content (AvgIpc) is 3.34. The Kier molecular flexibility index (Phi) is 6.01. The number of hydrogen-bond acceptors (Lipinski definition) is 5. The van der Waals surface area contributed by atoms with Crippen molar-refractivity contribution in [1.29, 1.82) is 0 Å². The number of rotatable bonds is 5. The second-order valence-electron chi connectivity index (χ2n) is 7.34. The topological polar surface area (TPSA) is 58.5 Å². The maximum Gasteiger partial charge on any atom is 0.253 e. The quantitative estimate of drug-likeness (QED) is 0.256. The van der Waals surface area contributed by atoms with E-state index in [0.717, 1.165) is 43.7 Å². The van der Waals surface area contributed by atoms with Crippen LogP contribution in [0, 0.1) is 0 Å². The molecule has 0 atom stereocenters. The highest BCUT2D eigenvalue weighted by molar-refractivity contribution is 9.10. The predicted molar refractivity (Wildman–Crippen MR) is 133 cm³/mol. The lowest BCUT2D eigenvalue weighted by atomic mass is 10.1. The maximum absolute atomic E-state index is 12.9. The molecule has 0 aliphatic carbocycles. The molecule has 5 nitrogen and oxygen atoms in total. The number of aromatic nitrogens is 2. The van der Waals surface area contributed by atoms with Crippen LogP contribution < -0.4 is 0 Å². The van der Waals surface area contributed by atoms with Gasteiger partial charge in [0.15, 0.2) is 5.82 Å². The van der Waals surface area contributed by atoms with E-state index in [1.807, 2.05) is 78.9 Å². The molecule has 0 fully saturated rings. The summed E-state index contributed by atoms with van der Waals surface area (Å²) < 4.78 is 1.00. The van der Waals surface area contributed by atoms with E-state index in [0.29, 0.717) is 12.4 Å². The van der Waals surface area contributed by atoms with Gasteiger partial charge in [-0.3, -0.25) is 4.79 Å². The molecule has 0 N–H and O–H groups in total.